The Bertz CT molecular complexity index is 1110. The molecular formula is C24H29N3O3S. The van der Waals surface area contributed by atoms with Crippen molar-refractivity contribution in [2.45, 2.75) is 56.2 Å². The molecule has 7 heteroatoms. The average molecular weight is 440 g/mol. The Morgan fingerprint density at radius 1 is 1.16 bits per heavy atom. The number of nitrogens with one attached hydrogen (secondary N) is 1. The van der Waals surface area contributed by atoms with Crippen LogP contribution in [0.1, 0.15) is 39.4 Å². The second-order valence-corrected chi connectivity index (χ2v) is 9.67. The van der Waals surface area contributed by atoms with E-state index in [1.54, 1.807) is 18.4 Å². The molecule has 2 N–H and O–H groups in total. The van der Waals surface area contributed by atoms with E-state index in [1.807, 2.05) is 48.5 Å². The maximum atomic E-state index is 12.9. The van der Waals surface area contributed by atoms with Gasteiger partial charge in [-0.1, -0.05) is 19.1 Å². The highest BCUT2D eigenvalue weighted by Crippen LogP contribution is 2.33. The first-order valence-corrected chi connectivity index (χ1v) is 11.4. The topological polar surface area (TPSA) is 84.2 Å². The van der Waals surface area contributed by atoms with E-state index in [1.165, 1.54) is 11.8 Å². The first-order valence-electron chi connectivity index (χ1n) is 10.6. The maximum Gasteiger partial charge on any atom is 0.319 e. The number of anilines is 1. The fourth-order valence-electron chi connectivity index (χ4n) is 3.31. The summed E-state index contributed by atoms with van der Waals surface area (Å²) in [6.07, 6.45) is 2.50. The summed E-state index contributed by atoms with van der Waals surface area (Å²) >= 11 is 1.32. The van der Waals surface area contributed by atoms with Gasteiger partial charge in [-0.15, -0.1) is 11.8 Å². The fourth-order valence-corrected chi connectivity index (χ4v) is 4.26. The smallest absolute Gasteiger partial charge is 0.319 e. The lowest BCUT2D eigenvalue weighted by molar-refractivity contribution is -0.138. The van der Waals surface area contributed by atoms with Crippen LogP contribution in [0.5, 0.6) is 0 Å². The number of carbonyl (C=O) groups is 1. The van der Waals surface area contributed by atoms with Crippen molar-refractivity contribution >= 4 is 34.3 Å². The van der Waals surface area contributed by atoms with Gasteiger partial charge in [0.15, 0.2) is 0 Å². The number of carboxylic acids is 1. The summed E-state index contributed by atoms with van der Waals surface area (Å²) in [5.74, 6) is 0.00851. The summed E-state index contributed by atoms with van der Waals surface area (Å²) in [5, 5.41) is 13.3. The highest BCUT2D eigenvalue weighted by molar-refractivity contribution is 8.01. The zero-order chi connectivity index (χ0) is 22.4. The van der Waals surface area contributed by atoms with Gasteiger partial charge in [0.1, 0.15) is 10.6 Å². The molecule has 0 saturated carbocycles. The Labute approximate surface area is 186 Å². The minimum absolute atomic E-state index is 0.0245. The lowest BCUT2D eigenvalue weighted by Crippen LogP contribution is -2.26. The molecule has 0 aliphatic heterocycles. The Morgan fingerprint density at radius 2 is 1.87 bits per heavy atom. The number of carboxylic acid groups (broad SMARTS) is 1. The third-order valence-corrected chi connectivity index (χ3v) is 6.24. The van der Waals surface area contributed by atoms with Crippen LogP contribution < -0.4 is 10.9 Å². The van der Waals surface area contributed by atoms with Crippen LogP contribution in [0.25, 0.3) is 10.9 Å². The van der Waals surface area contributed by atoms with Gasteiger partial charge < -0.3 is 10.4 Å². The van der Waals surface area contributed by atoms with Crippen molar-refractivity contribution in [3.63, 3.8) is 0 Å². The van der Waals surface area contributed by atoms with E-state index in [-0.39, 0.29) is 5.56 Å². The van der Waals surface area contributed by atoms with Crippen molar-refractivity contribution in [2.75, 3.05) is 11.9 Å². The summed E-state index contributed by atoms with van der Waals surface area (Å²) in [6.45, 7) is 6.82. The van der Waals surface area contributed by atoms with Crippen molar-refractivity contribution in [3.8, 4) is 0 Å². The third-order valence-electron chi connectivity index (χ3n) is 5.04. The van der Waals surface area contributed by atoms with Crippen LogP contribution in [0.4, 0.5) is 5.69 Å². The van der Waals surface area contributed by atoms with Gasteiger partial charge in [0.05, 0.1) is 10.9 Å². The van der Waals surface area contributed by atoms with Crippen LogP contribution in [0, 0.1) is 0 Å². The number of aromatic nitrogens is 2. The van der Waals surface area contributed by atoms with Gasteiger partial charge >= 0.3 is 5.97 Å². The summed E-state index contributed by atoms with van der Waals surface area (Å²) < 4.78 is 0.938. The number of hydrogen-bond donors (Lipinski definition) is 2. The molecule has 0 spiro atoms. The van der Waals surface area contributed by atoms with Gasteiger partial charge in [-0.05, 0) is 63.1 Å². The second kappa shape index (κ2) is 10.0. The molecule has 164 valence electrons. The molecule has 0 bridgehead atoms. The Hall–Kier alpha value is -2.80. The average Bonchev–Trinajstić information content (AvgIpc) is 2.74. The Balaban J connectivity index is 1.61. The summed E-state index contributed by atoms with van der Waals surface area (Å²) in [5.41, 5.74) is 1.75. The van der Waals surface area contributed by atoms with Crippen molar-refractivity contribution < 1.29 is 9.90 Å². The molecule has 0 aliphatic carbocycles. The summed E-state index contributed by atoms with van der Waals surface area (Å²) in [7, 11) is 0. The van der Waals surface area contributed by atoms with Gasteiger partial charge in [-0.2, -0.15) is 0 Å². The van der Waals surface area contributed by atoms with Gasteiger partial charge in [0.25, 0.3) is 5.56 Å². The molecule has 3 rings (SSSR count). The first kappa shape index (κ1) is 22.9. The van der Waals surface area contributed by atoms with Crippen LogP contribution in [0.3, 0.4) is 0 Å². The van der Waals surface area contributed by atoms with Gasteiger partial charge in [-0.25, -0.2) is 4.98 Å². The SMILES string of the molecule is CCCc1nc2ccccc2c(=O)n1CCCNc1ccc(SC(C)(C)C(=O)O)cc1. The Morgan fingerprint density at radius 3 is 2.55 bits per heavy atom. The molecule has 1 aromatic heterocycles. The summed E-state index contributed by atoms with van der Waals surface area (Å²) in [4.78, 5) is 29.9. The van der Waals surface area contributed by atoms with Crippen LogP contribution in [0.15, 0.2) is 58.2 Å². The number of aliphatic carboxylic acids is 1. The van der Waals surface area contributed by atoms with Crippen molar-refractivity contribution in [3.05, 3.63) is 64.7 Å². The second-order valence-electron chi connectivity index (χ2n) is 7.97. The molecule has 0 atom stereocenters. The standard InChI is InChI=1S/C24H29N3O3S/c1-4-8-21-26-20-10-6-5-9-19(20)22(28)27(21)16-7-15-25-17-11-13-18(14-12-17)31-24(2,3)23(29)30/h5-6,9-14,25H,4,7-8,15-16H2,1-3H3,(H,29,30). The molecule has 1 heterocycles. The number of rotatable bonds is 10. The van der Waals surface area contributed by atoms with Crippen LogP contribution in [0.2, 0.25) is 0 Å². The van der Waals surface area contributed by atoms with Gasteiger partial charge in [0, 0.05) is 30.1 Å². The predicted octanol–water partition coefficient (Wildman–Crippen LogP) is 4.81. The quantitative estimate of drug-likeness (QED) is 0.348. The Kier molecular flexibility index (Phi) is 7.38. The van der Waals surface area contributed by atoms with Crippen LogP contribution >= 0.6 is 11.8 Å². The number of para-hydroxylation sites is 1. The lowest BCUT2D eigenvalue weighted by Gasteiger charge is -2.18. The van der Waals surface area contributed by atoms with Crippen molar-refractivity contribution in [2.24, 2.45) is 0 Å². The molecule has 2 aromatic carbocycles. The molecule has 31 heavy (non-hydrogen) atoms. The number of hydrogen-bond acceptors (Lipinski definition) is 5. The molecule has 0 radical (unpaired) electrons. The van der Waals surface area contributed by atoms with E-state index >= 15 is 0 Å². The normalized spacial score (nSPS) is 11.6. The molecule has 0 amide bonds. The number of thioether (sulfide) groups is 1. The zero-order valence-electron chi connectivity index (χ0n) is 18.2. The largest absolute Gasteiger partial charge is 0.480 e. The number of aryl methyl sites for hydroxylation is 1. The molecular weight excluding hydrogens is 410 g/mol. The first-order chi connectivity index (χ1) is 14.8. The molecule has 0 unspecified atom stereocenters. The highest BCUT2D eigenvalue weighted by atomic mass is 32.2. The predicted molar refractivity (Wildman–Crippen MR) is 127 cm³/mol. The molecule has 0 fully saturated rings. The molecule has 3 aromatic rings. The van der Waals surface area contributed by atoms with Gasteiger partial charge in [-0.3, -0.25) is 14.2 Å². The van der Waals surface area contributed by atoms with E-state index in [4.69, 9.17) is 4.98 Å². The van der Waals surface area contributed by atoms with E-state index < -0.39 is 10.7 Å². The number of fused-ring (bicyclic) bond motifs is 1. The van der Waals surface area contributed by atoms with E-state index in [0.717, 1.165) is 47.7 Å². The number of nitrogens with zero attached hydrogens (tertiary/aromatic N) is 2. The highest BCUT2D eigenvalue weighted by Gasteiger charge is 2.28. The minimum Gasteiger partial charge on any atom is -0.480 e. The third kappa shape index (κ3) is 5.67. The monoisotopic (exact) mass is 439 g/mol. The fraction of sp³-hybridized carbons (Fsp3) is 0.375. The van der Waals surface area contributed by atoms with E-state index in [2.05, 4.69) is 12.2 Å². The summed E-state index contributed by atoms with van der Waals surface area (Å²) in [6, 6.07) is 15.3. The molecule has 0 aliphatic rings. The number of benzene rings is 2. The van der Waals surface area contributed by atoms with Crippen molar-refractivity contribution in [1.82, 2.24) is 9.55 Å². The maximum absolute atomic E-state index is 12.9. The minimum atomic E-state index is -0.869. The van der Waals surface area contributed by atoms with E-state index in [0.29, 0.717) is 11.9 Å². The molecule has 0 saturated heterocycles. The van der Waals surface area contributed by atoms with E-state index in [9.17, 15) is 14.7 Å². The van der Waals surface area contributed by atoms with Crippen LogP contribution in [-0.2, 0) is 17.8 Å². The zero-order valence-corrected chi connectivity index (χ0v) is 19.0. The van der Waals surface area contributed by atoms with Crippen molar-refractivity contribution in [1.29, 1.82) is 0 Å². The lowest BCUT2D eigenvalue weighted by atomic mass is 10.2. The van der Waals surface area contributed by atoms with Gasteiger partial charge in [0.2, 0.25) is 0 Å². The van der Waals surface area contributed by atoms with Crippen LogP contribution in [-0.4, -0.2) is 31.9 Å². The molecule has 6 nitrogen and oxygen atoms in total.